The molecule has 2 aliphatic heterocycles. The lowest BCUT2D eigenvalue weighted by Gasteiger charge is -2.38. The van der Waals surface area contributed by atoms with Crippen molar-refractivity contribution in [2.24, 2.45) is 0 Å². The van der Waals surface area contributed by atoms with Gasteiger partial charge in [0.1, 0.15) is 18.0 Å². The van der Waals surface area contributed by atoms with E-state index in [0.717, 1.165) is 5.56 Å². The number of hydrogen-bond donors (Lipinski definition) is 2. The van der Waals surface area contributed by atoms with E-state index in [1.165, 1.54) is 11.1 Å². The van der Waals surface area contributed by atoms with Gasteiger partial charge in [-0.3, -0.25) is 0 Å². The van der Waals surface area contributed by atoms with Gasteiger partial charge in [-0.25, -0.2) is 0 Å². The van der Waals surface area contributed by atoms with Crippen molar-refractivity contribution in [2.45, 2.75) is 37.2 Å². The zero-order chi connectivity index (χ0) is 20.3. The van der Waals surface area contributed by atoms with Crippen molar-refractivity contribution in [3.05, 3.63) is 90.5 Å². The fraction of sp³-hybridized carbons (Fsp3) is 0.280. The number of nitrogens with one attached hydrogen (secondary N) is 1. The van der Waals surface area contributed by atoms with Gasteiger partial charge in [0.05, 0.1) is 12.6 Å². The Bertz CT molecular complexity index is 948. The molecule has 3 aromatic carbocycles. The standard InChI is InChI=1S/C25H25NO4/c27-23-22(21-16-28-25(30-21)24(23)29-20-9-5-2-6-10-20)26-15-17-11-13-19(14-12-17)18-7-3-1-4-8-18/h1-14,21-27H,15-16H2. The Balaban J connectivity index is 1.25. The highest BCUT2D eigenvalue weighted by Gasteiger charge is 2.51. The van der Waals surface area contributed by atoms with Crippen molar-refractivity contribution in [2.75, 3.05) is 6.61 Å². The molecule has 5 atom stereocenters. The first-order valence-corrected chi connectivity index (χ1v) is 10.3. The number of hydrogen-bond acceptors (Lipinski definition) is 5. The molecule has 2 N–H and O–H groups in total. The van der Waals surface area contributed by atoms with E-state index in [1.807, 2.05) is 48.5 Å². The molecule has 5 nitrogen and oxygen atoms in total. The summed E-state index contributed by atoms with van der Waals surface area (Å²) in [5.41, 5.74) is 3.52. The summed E-state index contributed by atoms with van der Waals surface area (Å²) >= 11 is 0. The summed E-state index contributed by atoms with van der Waals surface area (Å²) in [5, 5.41) is 14.4. The minimum atomic E-state index is -0.736. The maximum atomic E-state index is 11.0. The summed E-state index contributed by atoms with van der Waals surface area (Å²) in [5.74, 6) is 0.689. The van der Waals surface area contributed by atoms with Gasteiger partial charge in [0, 0.05) is 6.54 Å². The zero-order valence-electron chi connectivity index (χ0n) is 16.6. The van der Waals surface area contributed by atoms with Crippen molar-refractivity contribution in [3.63, 3.8) is 0 Å². The van der Waals surface area contributed by atoms with E-state index in [1.54, 1.807) is 0 Å². The van der Waals surface area contributed by atoms with Crippen LogP contribution in [0.25, 0.3) is 11.1 Å². The summed E-state index contributed by atoms with van der Waals surface area (Å²) in [7, 11) is 0. The summed E-state index contributed by atoms with van der Waals surface area (Å²) in [6.45, 7) is 1.07. The molecule has 154 valence electrons. The van der Waals surface area contributed by atoms with Crippen molar-refractivity contribution in [1.29, 1.82) is 0 Å². The molecule has 2 aliphatic rings. The van der Waals surface area contributed by atoms with Crippen LogP contribution in [0.5, 0.6) is 5.75 Å². The van der Waals surface area contributed by atoms with Crippen LogP contribution in [0.4, 0.5) is 0 Å². The number of ether oxygens (including phenoxy) is 3. The van der Waals surface area contributed by atoms with Gasteiger partial charge in [-0.1, -0.05) is 72.8 Å². The quantitative estimate of drug-likeness (QED) is 0.661. The van der Waals surface area contributed by atoms with Crippen LogP contribution in [-0.2, 0) is 16.0 Å². The van der Waals surface area contributed by atoms with E-state index in [9.17, 15) is 5.11 Å². The lowest BCUT2D eigenvalue weighted by molar-refractivity contribution is -0.193. The molecule has 2 fully saturated rings. The van der Waals surface area contributed by atoms with Gasteiger partial charge in [0.15, 0.2) is 12.4 Å². The second kappa shape index (κ2) is 8.58. The molecular formula is C25H25NO4. The van der Waals surface area contributed by atoms with Gasteiger partial charge >= 0.3 is 0 Å². The topological polar surface area (TPSA) is 60.0 Å². The molecule has 0 amide bonds. The number of fused-ring (bicyclic) bond motifs is 2. The lowest BCUT2D eigenvalue weighted by atomic mass is 9.97. The van der Waals surface area contributed by atoms with Gasteiger partial charge in [-0.15, -0.1) is 0 Å². The highest BCUT2D eigenvalue weighted by molar-refractivity contribution is 5.63. The Labute approximate surface area is 176 Å². The van der Waals surface area contributed by atoms with E-state index in [-0.39, 0.29) is 12.1 Å². The molecule has 5 heteroatoms. The third kappa shape index (κ3) is 3.98. The number of rotatable bonds is 6. The van der Waals surface area contributed by atoms with Crippen LogP contribution in [0.1, 0.15) is 5.56 Å². The monoisotopic (exact) mass is 403 g/mol. The molecule has 2 bridgehead atoms. The van der Waals surface area contributed by atoms with Gasteiger partial charge in [-0.05, 0) is 28.8 Å². The van der Waals surface area contributed by atoms with E-state index in [4.69, 9.17) is 14.2 Å². The van der Waals surface area contributed by atoms with Crippen molar-refractivity contribution in [3.8, 4) is 16.9 Å². The normalized spacial score (nSPS) is 27.7. The second-order valence-electron chi connectivity index (χ2n) is 7.73. The van der Waals surface area contributed by atoms with Crippen LogP contribution < -0.4 is 10.1 Å². The van der Waals surface area contributed by atoms with Crippen molar-refractivity contribution < 1.29 is 19.3 Å². The molecule has 2 saturated heterocycles. The van der Waals surface area contributed by atoms with Crippen molar-refractivity contribution in [1.82, 2.24) is 5.32 Å². The average Bonchev–Trinajstić information content (AvgIpc) is 3.24. The van der Waals surface area contributed by atoms with Gasteiger partial charge in [-0.2, -0.15) is 0 Å². The molecule has 0 aromatic heterocycles. The molecule has 0 radical (unpaired) electrons. The van der Waals surface area contributed by atoms with E-state index < -0.39 is 18.5 Å². The number of aliphatic hydroxyl groups excluding tert-OH is 1. The summed E-state index contributed by atoms with van der Waals surface area (Å²) < 4.78 is 17.7. The second-order valence-corrected chi connectivity index (χ2v) is 7.73. The zero-order valence-corrected chi connectivity index (χ0v) is 16.6. The van der Waals surface area contributed by atoms with E-state index in [2.05, 4.69) is 41.7 Å². The summed E-state index contributed by atoms with van der Waals surface area (Å²) in [6.07, 6.45) is -2.05. The Hall–Kier alpha value is -2.70. The van der Waals surface area contributed by atoms with Crippen LogP contribution in [-0.4, -0.2) is 42.4 Å². The molecule has 30 heavy (non-hydrogen) atoms. The first-order chi connectivity index (χ1) is 14.8. The summed E-state index contributed by atoms with van der Waals surface area (Å²) in [4.78, 5) is 0. The number of benzene rings is 3. The van der Waals surface area contributed by atoms with E-state index >= 15 is 0 Å². The smallest absolute Gasteiger partial charge is 0.197 e. The molecule has 0 saturated carbocycles. The highest BCUT2D eigenvalue weighted by Crippen LogP contribution is 2.31. The third-order valence-electron chi connectivity index (χ3n) is 5.73. The molecule has 2 heterocycles. The maximum Gasteiger partial charge on any atom is 0.197 e. The Kier molecular flexibility index (Phi) is 5.51. The molecule has 0 spiro atoms. The highest BCUT2D eigenvalue weighted by atomic mass is 16.7. The maximum absolute atomic E-state index is 11.0. The number of para-hydroxylation sites is 1. The van der Waals surface area contributed by atoms with Gasteiger partial charge in [0.2, 0.25) is 0 Å². The Morgan fingerprint density at radius 2 is 1.53 bits per heavy atom. The lowest BCUT2D eigenvalue weighted by Crippen LogP contribution is -2.61. The SMILES string of the molecule is OC1C(NCc2ccc(-c3ccccc3)cc2)C2COC(O2)C1Oc1ccccc1. The molecule has 0 aliphatic carbocycles. The van der Waals surface area contributed by atoms with Crippen LogP contribution in [0, 0.1) is 0 Å². The van der Waals surface area contributed by atoms with Gasteiger partial charge in [0.25, 0.3) is 0 Å². The van der Waals surface area contributed by atoms with Crippen LogP contribution in [0.15, 0.2) is 84.9 Å². The Morgan fingerprint density at radius 1 is 0.867 bits per heavy atom. The first-order valence-electron chi connectivity index (χ1n) is 10.3. The minimum Gasteiger partial charge on any atom is -0.482 e. The summed E-state index contributed by atoms with van der Waals surface area (Å²) in [6, 6.07) is 28.0. The first kappa shape index (κ1) is 19.3. The van der Waals surface area contributed by atoms with Crippen LogP contribution in [0.2, 0.25) is 0 Å². The predicted octanol–water partition coefficient (Wildman–Crippen LogP) is 3.38. The minimum absolute atomic E-state index is 0.191. The van der Waals surface area contributed by atoms with Crippen molar-refractivity contribution >= 4 is 0 Å². The Morgan fingerprint density at radius 3 is 2.27 bits per heavy atom. The molecule has 3 aromatic rings. The number of aliphatic hydroxyl groups is 1. The fourth-order valence-corrected chi connectivity index (χ4v) is 4.10. The largest absolute Gasteiger partial charge is 0.482 e. The van der Waals surface area contributed by atoms with Gasteiger partial charge < -0.3 is 24.6 Å². The average molecular weight is 403 g/mol. The van der Waals surface area contributed by atoms with Crippen LogP contribution in [0.3, 0.4) is 0 Å². The molecular weight excluding hydrogens is 378 g/mol. The molecule has 5 rings (SSSR count). The van der Waals surface area contributed by atoms with Crippen LogP contribution >= 0.6 is 0 Å². The molecule has 5 unspecified atom stereocenters. The fourth-order valence-electron chi connectivity index (χ4n) is 4.10. The third-order valence-corrected chi connectivity index (χ3v) is 5.73. The predicted molar refractivity (Wildman–Crippen MR) is 114 cm³/mol. The van der Waals surface area contributed by atoms with E-state index in [0.29, 0.717) is 18.9 Å².